The van der Waals surface area contributed by atoms with E-state index in [1.165, 1.54) is 25.7 Å². The van der Waals surface area contributed by atoms with E-state index in [2.05, 4.69) is 44.5 Å². The SMILES string of the molecule is C=C.CCCCN(CCCC)C(=S)S. The molecule has 0 aliphatic rings. The maximum atomic E-state index is 5.03. The Morgan fingerprint density at radius 1 is 1.14 bits per heavy atom. The molecule has 1 nitrogen and oxygen atoms in total. The normalized spacial score (nSPS) is 8.79. The fourth-order valence-corrected chi connectivity index (χ4v) is 1.38. The van der Waals surface area contributed by atoms with Crippen LogP contribution in [0.25, 0.3) is 0 Å². The molecule has 0 unspecified atom stereocenters. The second kappa shape index (κ2) is 13.0. The van der Waals surface area contributed by atoms with Gasteiger partial charge in [0.2, 0.25) is 0 Å². The first-order valence-electron chi connectivity index (χ1n) is 5.20. The topological polar surface area (TPSA) is 3.24 Å². The van der Waals surface area contributed by atoms with Crippen molar-refractivity contribution in [2.24, 2.45) is 0 Å². The zero-order chi connectivity index (χ0) is 11.4. The molecule has 0 saturated heterocycles. The summed E-state index contributed by atoms with van der Waals surface area (Å²) in [4.78, 5) is 2.19. The van der Waals surface area contributed by atoms with Gasteiger partial charge in [-0.2, -0.15) is 0 Å². The van der Waals surface area contributed by atoms with Crippen molar-refractivity contribution < 1.29 is 0 Å². The zero-order valence-electron chi connectivity index (χ0n) is 9.46. The molecule has 0 heterocycles. The van der Waals surface area contributed by atoms with Crippen molar-refractivity contribution >= 4 is 29.2 Å². The van der Waals surface area contributed by atoms with Crippen LogP contribution in [0.1, 0.15) is 39.5 Å². The lowest BCUT2D eigenvalue weighted by Gasteiger charge is -2.21. The summed E-state index contributed by atoms with van der Waals surface area (Å²) in [6.45, 7) is 12.5. The summed E-state index contributed by atoms with van der Waals surface area (Å²) < 4.78 is 0.747. The molecule has 0 radical (unpaired) electrons. The van der Waals surface area contributed by atoms with Crippen LogP contribution in [0.5, 0.6) is 0 Å². The van der Waals surface area contributed by atoms with Crippen molar-refractivity contribution in [3.05, 3.63) is 13.2 Å². The van der Waals surface area contributed by atoms with Crippen molar-refractivity contribution in [3.63, 3.8) is 0 Å². The Hall–Kier alpha value is -0.0200. The number of thiocarbonyl (C=S) groups is 1. The fourth-order valence-electron chi connectivity index (χ4n) is 1.00. The van der Waals surface area contributed by atoms with E-state index in [1.54, 1.807) is 0 Å². The summed E-state index contributed by atoms with van der Waals surface area (Å²) in [5, 5.41) is 0. The molecule has 0 aliphatic heterocycles. The minimum absolute atomic E-state index is 0.747. The van der Waals surface area contributed by atoms with E-state index in [4.69, 9.17) is 12.2 Å². The smallest absolute Gasteiger partial charge is 0.133 e. The van der Waals surface area contributed by atoms with Gasteiger partial charge in [0.1, 0.15) is 4.32 Å². The molecule has 84 valence electrons. The van der Waals surface area contributed by atoms with Crippen LogP contribution in [0.15, 0.2) is 13.2 Å². The molecule has 0 aliphatic carbocycles. The minimum atomic E-state index is 0.747. The lowest BCUT2D eigenvalue weighted by molar-refractivity contribution is 0.411. The molecule has 0 rings (SSSR count). The van der Waals surface area contributed by atoms with Gasteiger partial charge in [-0.05, 0) is 12.8 Å². The van der Waals surface area contributed by atoms with Crippen LogP contribution in [-0.4, -0.2) is 22.3 Å². The van der Waals surface area contributed by atoms with Crippen molar-refractivity contribution in [1.29, 1.82) is 0 Å². The predicted molar refractivity (Wildman–Crippen MR) is 74.2 cm³/mol. The summed E-state index contributed by atoms with van der Waals surface area (Å²) in [6.07, 6.45) is 4.87. The third kappa shape index (κ3) is 10.1. The van der Waals surface area contributed by atoms with Gasteiger partial charge in [0.15, 0.2) is 0 Å². The molecule has 0 saturated carbocycles. The van der Waals surface area contributed by atoms with E-state index in [0.717, 1.165) is 17.4 Å². The average molecular weight is 233 g/mol. The third-order valence-electron chi connectivity index (χ3n) is 1.83. The van der Waals surface area contributed by atoms with Crippen LogP contribution < -0.4 is 0 Å². The molecular formula is C11H23NS2. The highest BCUT2D eigenvalue weighted by atomic mass is 32.1. The Bertz CT molecular complexity index is 129. The van der Waals surface area contributed by atoms with Gasteiger partial charge in [0, 0.05) is 13.1 Å². The molecule has 0 aromatic carbocycles. The van der Waals surface area contributed by atoms with Gasteiger partial charge in [-0.3, -0.25) is 0 Å². The highest BCUT2D eigenvalue weighted by Gasteiger charge is 2.03. The molecule has 14 heavy (non-hydrogen) atoms. The molecule has 0 bridgehead atoms. The van der Waals surface area contributed by atoms with E-state index in [0.29, 0.717) is 0 Å². The number of thiol groups is 1. The van der Waals surface area contributed by atoms with E-state index in [1.807, 2.05) is 0 Å². The Morgan fingerprint density at radius 3 is 1.71 bits per heavy atom. The van der Waals surface area contributed by atoms with Gasteiger partial charge in [0.05, 0.1) is 0 Å². The summed E-state index contributed by atoms with van der Waals surface area (Å²) in [6, 6.07) is 0. The molecule has 0 spiro atoms. The maximum Gasteiger partial charge on any atom is 0.133 e. The Morgan fingerprint density at radius 2 is 1.50 bits per heavy atom. The Balaban J connectivity index is 0. The Labute approximate surface area is 100.0 Å². The maximum absolute atomic E-state index is 5.03. The number of unbranched alkanes of at least 4 members (excludes halogenated alkanes) is 2. The molecule has 0 aromatic rings. The largest absolute Gasteiger partial charge is 0.358 e. The van der Waals surface area contributed by atoms with Gasteiger partial charge in [-0.15, -0.1) is 25.8 Å². The van der Waals surface area contributed by atoms with Gasteiger partial charge in [-0.25, -0.2) is 0 Å². The first kappa shape index (κ1) is 16.4. The highest BCUT2D eigenvalue weighted by Crippen LogP contribution is 2.02. The summed E-state index contributed by atoms with van der Waals surface area (Å²) >= 11 is 9.23. The standard InChI is InChI=1S/C9H19NS2.C2H4/c1-3-5-7-10(9(11)12)8-6-4-2;1-2/h3-8H2,1-2H3,(H,11,12);1-2H2. The molecule has 0 amide bonds. The van der Waals surface area contributed by atoms with Gasteiger partial charge < -0.3 is 4.90 Å². The predicted octanol–water partition coefficient (Wildman–Crippen LogP) is 3.91. The molecule has 0 atom stereocenters. The quantitative estimate of drug-likeness (QED) is 0.421. The molecule has 0 fully saturated rings. The number of rotatable bonds is 6. The van der Waals surface area contributed by atoms with Crippen molar-refractivity contribution in [2.75, 3.05) is 13.1 Å². The average Bonchev–Trinajstić information content (AvgIpc) is 2.20. The fraction of sp³-hybridized carbons (Fsp3) is 0.727. The molecule has 3 heteroatoms. The van der Waals surface area contributed by atoms with Crippen molar-refractivity contribution in [1.82, 2.24) is 4.90 Å². The van der Waals surface area contributed by atoms with Gasteiger partial charge in [0.25, 0.3) is 0 Å². The van der Waals surface area contributed by atoms with E-state index < -0.39 is 0 Å². The number of hydrogen-bond acceptors (Lipinski definition) is 1. The van der Waals surface area contributed by atoms with Gasteiger partial charge in [-0.1, -0.05) is 38.9 Å². The third-order valence-corrected chi connectivity index (χ3v) is 2.37. The van der Waals surface area contributed by atoms with Crippen molar-refractivity contribution in [3.8, 4) is 0 Å². The second-order valence-corrected chi connectivity index (χ2v) is 4.09. The van der Waals surface area contributed by atoms with Crippen molar-refractivity contribution in [2.45, 2.75) is 39.5 Å². The van der Waals surface area contributed by atoms with Crippen LogP contribution >= 0.6 is 24.8 Å². The first-order chi connectivity index (χ1) is 6.72. The first-order valence-corrected chi connectivity index (χ1v) is 6.05. The number of hydrogen-bond donors (Lipinski definition) is 1. The zero-order valence-corrected chi connectivity index (χ0v) is 11.2. The van der Waals surface area contributed by atoms with Crippen LogP contribution in [0.4, 0.5) is 0 Å². The minimum Gasteiger partial charge on any atom is -0.358 e. The van der Waals surface area contributed by atoms with Crippen LogP contribution in [-0.2, 0) is 0 Å². The molecule has 0 N–H and O–H groups in total. The van der Waals surface area contributed by atoms with Gasteiger partial charge >= 0.3 is 0 Å². The second-order valence-electron chi connectivity index (χ2n) is 2.98. The van der Waals surface area contributed by atoms with Crippen LogP contribution in [0, 0.1) is 0 Å². The van der Waals surface area contributed by atoms with E-state index in [-0.39, 0.29) is 0 Å². The summed E-state index contributed by atoms with van der Waals surface area (Å²) in [5.74, 6) is 0. The Kier molecular flexibility index (Phi) is 15.2. The summed E-state index contributed by atoms with van der Waals surface area (Å²) in [5.41, 5.74) is 0. The van der Waals surface area contributed by atoms with Crippen LogP contribution in [0.2, 0.25) is 0 Å². The van der Waals surface area contributed by atoms with Crippen LogP contribution in [0.3, 0.4) is 0 Å². The lowest BCUT2D eigenvalue weighted by atomic mass is 10.3. The lowest BCUT2D eigenvalue weighted by Crippen LogP contribution is -2.28. The summed E-state index contributed by atoms with van der Waals surface area (Å²) in [7, 11) is 0. The monoisotopic (exact) mass is 233 g/mol. The van der Waals surface area contributed by atoms with E-state index in [9.17, 15) is 0 Å². The number of nitrogens with zero attached hydrogens (tertiary/aromatic N) is 1. The highest BCUT2D eigenvalue weighted by molar-refractivity contribution is 8.10. The molecular weight excluding hydrogens is 210 g/mol. The molecule has 0 aromatic heterocycles. The van der Waals surface area contributed by atoms with E-state index >= 15 is 0 Å².